The largest absolute Gasteiger partial charge is 0.473 e. The van der Waals surface area contributed by atoms with E-state index in [0.717, 1.165) is 32.6 Å². The summed E-state index contributed by atoms with van der Waals surface area (Å²) < 4.78 is 5.43. The highest BCUT2D eigenvalue weighted by Gasteiger charge is 2.41. The molecule has 2 heterocycles. The topological polar surface area (TPSA) is 116 Å². The van der Waals surface area contributed by atoms with Gasteiger partial charge in [-0.3, -0.25) is 0 Å². The molecule has 23 heavy (non-hydrogen) atoms. The first-order valence-electron chi connectivity index (χ1n) is 7.70. The Labute approximate surface area is 135 Å². The lowest BCUT2D eigenvalue weighted by atomic mass is 9.78. The van der Waals surface area contributed by atoms with Crippen LogP contribution < -0.4 is 5.32 Å². The van der Waals surface area contributed by atoms with Gasteiger partial charge in [0, 0.05) is 13.1 Å². The number of likely N-dealkylation sites (tertiary alicyclic amines) is 1. The van der Waals surface area contributed by atoms with Gasteiger partial charge in [0.15, 0.2) is 0 Å². The van der Waals surface area contributed by atoms with Gasteiger partial charge in [-0.1, -0.05) is 0 Å². The summed E-state index contributed by atoms with van der Waals surface area (Å²) in [6, 6.07) is 0. The fraction of sp³-hybridized carbons (Fsp3) is 0.800. The van der Waals surface area contributed by atoms with Crippen LogP contribution in [0.25, 0.3) is 0 Å². The van der Waals surface area contributed by atoms with Gasteiger partial charge < -0.3 is 25.2 Å². The molecule has 0 aromatic heterocycles. The molecule has 0 atom stereocenters. The van der Waals surface area contributed by atoms with Crippen LogP contribution in [-0.4, -0.2) is 64.9 Å². The Kier molecular flexibility index (Phi) is 6.37. The summed E-state index contributed by atoms with van der Waals surface area (Å²) in [4.78, 5) is 32.1. The van der Waals surface area contributed by atoms with E-state index in [1.165, 1.54) is 12.8 Å². The SMILES string of the molecule is CC(C)(C)OC(=O)N1CCC2(CCNCC2)C1.O=C(O)C(=O)O. The van der Waals surface area contributed by atoms with Crippen LogP contribution in [0.5, 0.6) is 0 Å². The van der Waals surface area contributed by atoms with Gasteiger partial charge in [-0.2, -0.15) is 0 Å². The summed E-state index contributed by atoms with van der Waals surface area (Å²) in [5.41, 5.74) is -0.0247. The van der Waals surface area contributed by atoms with E-state index in [-0.39, 0.29) is 11.7 Å². The fourth-order valence-electron chi connectivity index (χ4n) is 2.78. The van der Waals surface area contributed by atoms with Crippen LogP contribution in [0.4, 0.5) is 4.79 Å². The fourth-order valence-corrected chi connectivity index (χ4v) is 2.78. The highest BCUT2D eigenvalue weighted by atomic mass is 16.6. The molecule has 132 valence electrons. The van der Waals surface area contributed by atoms with E-state index in [4.69, 9.17) is 24.5 Å². The molecule has 0 radical (unpaired) electrons. The third-order valence-corrected chi connectivity index (χ3v) is 3.94. The normalized spacial score (nSPS) is 19.7. The second kappa shape index (κ2) is 7.63. The summed E-state index contributed by atoms with van der Waals surface area (Å²) in [5, 5.41) is 18.2. The molecule has 3 N–H and O–H groups in total. The van der Waals surface area contributed by atoms with Crippen molar-refractivity contribution in [3.05, 3.63) is 0 Å². The molecule has 8 heteroatoms. The number of carboxylic acid groups (broad SMARTS) is 2. The number of piperidine rings is 1. The van der Waals surface area contributed by atoms with E-state index >= 15 is 0 Å². The lowest BCUT2D eigenvalue weighted by molar-refractivity contribution is -0.159. The minimum Gasteiger partial charge on any atom is -0.473 e. The van der Waals surface area contributed by atoms with Gasteiger partial charge in [0.1, 0.15) is 5.60 Å². The Bertz CT molecular complexity index is 439. The van der Waals surface area contributed by atoms with Gasteiger partial charge in [-0.15, -0.1) is 0 Å². The van der Waals surface area contributed by atoms with E-state index in [0.29, 0.717) is 5.41 Å². The molecule has 0 aliphatic carbocycles. The molecule has 8 nitrogen and oxygen atoms in total. The molecule has 1 spiro atoms. The van der Waals surface area contributed by atoms with Crippen molar-refractivity contribution >= 4 is 18.0 Å². The zero-order valence-electron chi connectivity index (χ0n) is 13.9. The quantitative estimate of drug-likeness (QED) is 0.570. The summed E-state index contributed by atoms with van der Waals surface area (Å²) in [6.45, 7) is 9.66. The van der Waals surface area contributed by atoms with Crippen molar-refractivity contribution < 1.29 is 29.3 Å². The molecule has 0 aromatic rings. The smallest absolute Gasteiger partial charge is 0.414 e. The number of carboxylic acids is 2. The second-order valence-electron chi connectivity index (χ2n) is 7.01. The van der Waals surface area contributed by atoms with Crippen LogP contribution in [0.1, 0.15) is 40.0 Å². The molecule has 0 unspecified atom stereocenters. The number of rotatable bonds is 0. The molecule has 0 saturated carbocycles. The van der Waals surface area contributed by atoms with Crippen molar-refractivity contribution in [1.82, 2.24) is 10.2 Å². The number of aliphatic carboxylic acids is 2. The zero-order valence-corrected chi connectivity index (χ0v) is 13.9. The number of carbonyl (C=O) groups excluding carboxylic acids is 1. The standard InChI is InChI=1S/C13H24N2O2.C2H2O4/c1-12(2,3)17-11(16)15-9-6-13(10-15)4-7-14-8-5-13;3-1(4)2(5)6/h14H,4-10H2,1-3H3;(H,3,4)(H,5,6). The first-order valence-corrected chi connectivity index (χ1v) is 7.70. The lowest BCUT2D eigenvalue weighted by Crippen LogP contribution is -2.41. The van der Waals surface area contributed by atoms with Crippen molar-refractivity contribution in [3.63, 3.8) is 0 Å². The summed E-state index contributed by atoms with van der Waals surface area (Å²) in [6.07, 6.45) is 3.36. The van der Waals surface area contributed by atoms with E-state index in [1.54, 1.807) is 0 Å². The average Bonchev–Trinajstić information content (AvgIpc) is 2.82. The van der Waals surface area contributed by atoms with Crippen LogP contribution in [0.2, 0.25) is 0 Å². The molecular weight excluding hydrogens is 304 g/mol. The van der Waals surface area contributed by atoms with Gasteiger partial charge in [0.2, 0.25) is 0 Å². The number of amides is 1. The molecule has 2 aliphatic heterocycles. The van der Waals surface area contributed by atoms with Gasteiger partial charge in [-0.25, -0.2) is 14.4 Å². The molecule has 2 aliphatic rings. The molecular formula is C15H26N2O6. The monoisotopic (exact) mass is 330 g/mol. The van der Waals surface area contributed by atoms with E-state index in [1.807, 2.05) is 25.7 Å². The minimum atomic E-state index is -1.82. The molecule has 2 fully saturated rings. The zero-order chi connectivity index (χ0) is 17.7. The number of nitrogens with one attached hydrogen (secondary N) is 1. The molecule has 2 rings (SSSR count). The van der Waals surface area contributed by atoms with E-state index in [2.05, 4.69) is 5.32 Å². The van der Waals surface area contributed by atoms with Gasteiger partial charge in [0.05, 0.1) is 0 Å². The van der Waals surface area contributed by atoms with Crippen LogP contribution >= 0.6 is 0 Å². The second-order valence-corrected chi connectivity index (χ2v) is 7.01. The van der Waals surface area contributed by atoms with Crippen LogP contribution in [0, 0.1) is 5.41 Å². The number of hydrogen-bond acceptors (Lipinski definition) is 5. The van der Waals surface area contributed by atoms with Crippen LogP contribution in [0.15, 0.2) is 0 Å². The Morgan fingerprint density at radius 2 is 1.57 bits per heavy atom. The molecule has 0 bridgehead atoms. The van der Waals surface area contributed by atoms with Crippen molar-refractivity contribution in [1.29, 1.82) is 0 Å². The maximum Gasteiger partial charge on any atom is 0.414 e. The van der Waals surface area contributed by atoms with Crippen molar-refractivity contribution in [2.45, 2.75) is 45.6 Å². The Morgan fingerprint density at radius 3 is 2.00 bits per heavy atom. The number of nitrogens with zero attached hydrogens (tertiary/aromatic N) is 1. The van der Waals surface area contributed by atoms with Crippen molar-refractivity contribution in [3.8, 4) is 0 Å². The summed E-state index contributed by atoms with van der Waals surface area (Å²) >= 11 is 0. The summed E-state index contributed by atoms with van der Waals surface area (Å²) in [5.74, 6) is -3.65. The Balaban J connectivity index is 0.000000379. The van der Waals surface area contributed by atoms with Crippen LogP contribution in [0.3, 0.4) is 0 Å². The molecule has 0 aromatic carbocycles. The van der Waals surface area contributed by atoms with Gasteiger partial charge in [-0.05, 0) is 58.5 Å². The highest BCUT2D eigenvalue weighted by Crippen LogP contribution is 2.38. The van der Waals surface area contributed by atoms with Gasteiger partial charge >= 0.3 is 18.0 Å². The molecule has 2 saturated heterocycles. The average molecular weight is 330 g/mol. The maximum absolute atomic E-state index is 12.0. The highest BCUT2D eigenvalue weighted by molar-refractivity contribution is 6.27. The third-order valence-electron chi connectivity index (χ3n) is 3.94. The van der Waals surface area contributed by atoms with Crippen molar-refractivity contribution in [2.75, 3.05) is 26.2 Å². The Hall–Kier alpha value is -1.83. The van der Waals surface area contributed by atoms with E-state index < -0.39 is 11.9 Å². The number of carbonyl (C=O) groups is 3. The number of ether oxygens (including phenoxy) is 1. The Morgan fingerprint density at radius 1 is 1.04 bits per heavy atom. The third kappa shape index (κ3) is 6.43. The van der Waals surface area contributed by atoms with Gasteiger partial charge in [0.25, 0.3) is 0 Å². The maximum atomic E-state index is 12.0. The predicted octanol–water partition coefficient (Wildman–Crippen LogP) is 1.15. The van der Waals surface area contributed by atoms with Crippen LogP contribution in [-0.2, 0) is 14.3 Å². The summed E-state index contributed by atoms with van der Waals surface area (Å²) in [7, 11) is 0. The van der Waals surface area contributed by atoms with Crippen molar-refractivity contribution in [2.24, 2.45) is 5.41 Å². The lowest BCUT2D eigenvalue weighted by Gasteiger charge is -2.33. The molecule has 1 amide bonds. The first-order chi connectivity index (χ1) is 10.5. The number of hydrogen-bond donors (Lipinski definition) is 3. The predicted molar refractivity (Wildman–Crippen MR) is 82.2 cm³/mol. The first kappa shape index (κ1) is 19.2. The minimum absolute atomic E-state index is 0.145. The van der Waals surface area contributed by atoms with E-state index in [9.17, 15) is 4.79 Å².